The maximum absolute atomic E-state index is 12.7. The molecule has 1 aromatic carbocycles. The molecular formula is C19H19N7O2. The van der Waals surface area contributed by atoms with E-state index >= 15 is 0 Å². The third-order valence-corrected chi connectivity index (χ3v) is 4.77. The molecule has 0 saturated carbocycles. The molecule has 0 spiro atoms. The molecule has 3 aromatic rings. The van der Waals surface area contributed by atoms with Gasteiger partial charge in [0.2, 0.25) is 0 Å². The number of hydrogen-bond donors (Lipinski definition) is 0. The van der Waals surface area contributed by atoms with Crippen LogP contribution < -0.4 is 0 Å². The van der Waals surface area contributed by atoms with E-state index in [4.69, 9.17) is 9.78 Å². The smallest absolute Gasteiger partial charge is 0.280 e. The summed E-state index contributed by atoms with van der Waals surface area (Å²) in [5.74, 6) is 1.10. The van der Waals surface area contributed by atoms with E-state index in [2.05, 4.69) is 26.5 Å². The maximum Gasteiger partial charge on any atom is 0.280 e. The number of nitrogens with zero attached hydrogens (tertiary/aromatic N) is 7. The van der Waals surface area contributed by atoms with Crippen molar-refractivity contribution in [2.75, 3.05) is 13.1 Å². The van der Waals surface area contributed by atoms with Crippen LogP contribution in [-0.2, 0) is 0 Å². The molecule has 0 aliphatic carbocycles. The molecule has 0 radical (unpaired) electrons. The molecule has 1 aliphatic rings. The molecule has 0 N–H and O–H groups in total. The number of benzene rings is 1. The van der Waals surface area contributed by atoms with Gasteiger partial charge in [0.15, 0.2) is 11.5 Å². The Balaban J connectivity index is 1.44. The third kappa shape index (κ3) is 3.36. The van der Waals surface area contributed by atoms with E-state index < -0.39 is 0 Å². The van der Waals surface area contributed by atoms with E-state index in [0.29, 0.717) is 41.6 Å². The lowest BCUT2D eigenvalue weighted by molar-refractivity contribution is 0.0787. The molecule has 0 bridgehead atoms. The summed E-state index contributed by atoms with van der Waals surface area (Å²) < 4.78 is 7.01. The Morgan fingerprint density at radius 1 is 1.32 bits per heavy atom. The lowest BCUT2D eigenvalue weighted by Crippen LogP contribution is -2.29. The summed E-state index contributed by atoms with van der Waals surface area (Å²) in [4.78, 5) is 18.8. The number of carbonyl (C=O) groups is 1. The average Bonchev–Trinajstić information content (AvgIpc) is 3.46. The number of likely N-dealkylation sites (tertiary alicyclic amines) is 1. The Morgan fingerprint density at radius 3 is 2.79 bits per heavy atom. The van der Waals surface area contributed by atoms with Crippen LogP contribution in [0, 0.1) is 11.3 Å². The summed E-state index contributed by atoms with van der Waals surface area (Å²) in [5, 5.41) is 21.1. The van der Waals surface area contributed by atoms with E-state index in [1.807, 2.05) is 13.8 Å². The van der Waals surface area contributed by atoms with Crippen LogP contribution >= 0.6 is 0 Å². The Morgan fingerprint density at radius 2 is 2.11 bits per heavy atom. The van der Waals surface area contributed by atoms with Crippen molar-refractivity contribution in [3.63, 3.8) is 0 Å². The summed E-state index contributed by atoms with van der Waals surface area (Å²) in [7, 11) is 0. The van der Waals surface area contributed by atoms with Crippen molar-refractivity contribution in [1.29, 1.82) is 5.26 Å². The molecule has 4 rings (SSSR count). The molecule has 0 unspecified atom stereocenters. The Hall–Kier alpha value is -3.54. The number of carbonyl (C=O) groups excluding carboxylic acids is 1. The molecule has 1 atom stereocenters. The number of hydrogen-bond acceptors (Lipinski definition) is 7. The monoisotopic (exact) mass is 377 g/mol. The molecule has 9 nitrogen and oxygen atoms in total. The van der Waals surface area contributed by atoms with Crippen LogP contribution in [0.25, 0.3) is 11.6 Å². The highest BCUT2D eigenvalue weighted by atomic mass is 16.5. The number of amides is 1. The van der Waals surface area contributed by atoms with Gasteiger partial charge in [-0.05, 0) is 30.7 Å². The van der Waals surface area contributed by atoms with Gasteiger partial charge in [-0.3, -0.25) is 4.79 Å². The average molecular weight is 377 g/mol. The van der Waals surface area contributed by atoms with Gasteiger partial charge in [0.05, 0.1) is 23.9 Å². The van der Waals surface area contributed by atoms with Gasteiger partial charge < -0.3 is 9.42 Å². The lowest BCUT2D eigenvalue weighted by Gasteiger charge is -2.16. The fourth-order valence-corrected chi connectivity index (χ4v) is 3.14. The van der Waals surface area contributed by atoms with Gasteiger partial charge in [0.1, 0.15) is 0 Å². The minimum Gasteiger partial charge on any atom is -0.336 e. The van der Waals surface area contributed by atoms with Crippen molar-refractivity contribution in [2.45, 2.75) is 32.2 Å². The van der Waals surface area contributed by atoms with Crippen LogP contribution in [0.4, 0.5) is 0 Å². The summed E-state index contributed by atoms with van der Waals surface area (Å²) >= 11 is 0. The highest BCUT2D eigenvalue weighted by Crippen LogP contribution is 2.25. The second-order valence-corrected chi connectivity index (χ2v) is 7.08. The van der Waals surface area contributed by atoms with Gasteiger partial charge in [-0.15, -0.1) is 5.10 Å². The number of rotatable bonds is 4. The molecule has 3 heterocycles. The van der Waals surface area contributed by atoms with Gasteiger partial charge >= 0.3 is 0 Å². The van der Waals surface area contributed by atoms with Crippen molar-refractivity contribution in [2.24, 2.45) is 0 Å². The van der Waals surface area contributed by atoms with Crippen LogP contribution in [0.1, 0.15) is 54.0 Å². The molecule has 142 valence electrons. The largest absolute Gasteiger partial charge is 0.336 e. The van der Waals surface area contributed by atoms with Gasteiger partial charge in [0, 0.05) is 24.6 Å². The zero-order valence-electron chi connectivity index (χ0n) is 15.6. The minimum atomic E-state index is -0.0502. The van der Waals surface area contributed by atoms with Crippen molar-refractivity contribution >= 4 is 5.91 Å². The first-order valence-electron chi connectivity index (χ1n) is 9.10. The summed E-state index contributed by atoms with van der Waals surface area (Å²) in [6, 6.07) is 8.77. The lowest BCUT2D eigenvalue weighted by atomic mass is 10.1. The highest BCUT2D eigenvalue weighted by Gasteiger charge is 2.29. The number of nitriles is 1. The predicted molar refractivity (Wildman–Crippen MR) is 98.1 cm³/mol. The maximum atomic E-state index is 12.7. The van der Waals surface area contributed by atoms with Gasteiger partial charge in [-0.25, -0.2) is 4.68 Å². The summed E-state index contributed by atoms with van der Waals surface area (Å²) in [6.45, 7) is 5.16. The van der Waals surface area contributed by atoms with Crippen LogP contribution in [0.5, 0.6) is 0 Å². The fraction of sp³-hybridized carbons (Fsp3) is 0.368. The van der Waals surface area contributed by atoms with Crippen LogP contribution in [-0.4, -0.2) is 49.0 Å². The first-order chi connectivity index (χ1) is 13.5. The van der Waals surface area contributed by atoms with Gasteiger partial charge in [-0.1, -0.05) is 24.2 Å². The van der Waals surface area contributed by atoms with Crippen molar-refractivity contribution in [3.05, 3.63) is 47.4 Å². The first kappa shape index (κ1) is 17.9. The molecular weight excluding hydrogens is 358 g/mol. The SMILES string of the molecule is CC(C)c1noc(-c2cn([C@@H]3CCN(C(=O)c4ccc(C#N)cc4)C3)nn2)n1. The number of aromatic nitrogens is 5. The molecule has 2 aromatic heterocycles. The highest BCUT2D eigenvalue weighted by molar-refractivity contribution is 5.94. The second kappa shape index (κ2) is 7.23. The van der Waals surface area contributed by atoms with Crippen LogP contribution in [0.3, 0.4) is 0 Å². The second-order valence-electron chi connectivity index (χ2n) is 7.08. The van der Waals surface area contributed by atoms with Gasteiger partial charge in [0.25, 0.3) is 11.8 Å². The predicted octanol–water partition coefficient (Wildman–Crippen LogP) is 2.41. The molecule has 9 heteroatoms. The zero-order valence-corrected chi connectivity index (χ0v) is 15.6. The molecule has 1 fully saturated rings. The van der Waals surface area contributed by atoms with Gasteiger partial charge in [-0.2, -0.15) is 10.2 Å². The van der Waals surface area contributed by atoms with E-state index in [9.17, 15) is 4.79 Å². The normalized spacial score (nSPS) is 16.5. The Bertz CT molecular complexity index is 1030. The zero-order chi connectivity index (χ0) is 19.7. The molecule has 1 saturated heterocycles. The minimum absolute atomic E-state index is 0.0380. The molecule has 28 heavy (non-hydrogen) atoms. The van der Waals surface area contributed by atoms with E-state index in [1.165, 1.54) is 0 Å². The third-order valence-electron chi connectivity index (χ3n) is 4.77. The summed E-state index contributed by atoms with van der Waals surface area (Å²) in [5.41, 5.74) is 1.63. The van der Waals surface area contributed by atoms with E-state index in [0.717, 1.165) is 6.42 Å². The quantitative estimate of drug-likeness (QED) is 0.686. The fourth-order valence-electron chi connectivity index (χ4n) is 3.14. The van der Waals surface area contributed by atoms with Crippen molar-refractivity contribution < 1.29 is 9.32 Å². The van der Waals surface area contributed by atoms with Crippen molar-refractivity contribution in [3.8, 4) is 17.7 Å². The topological polar surface area (TPSA) is 114 Å². The standard InChI is InChI=1S/C19H19N7O2/c1-12(2)17-21-18(28-23-17)16-11-26(24-22-16)15-7-8-25(10-15)19(27)14-5-3-13(9-20)4-6-14/h3-6,11-12,15H,7-8,10H2,1-2H3/t15-/m1/s1. The Labute approximate surface area is 161 Å². The van der Waals surface area contributed by atoms with Crippen LogP contribution in [0.15, 0.2) is 35.0 Å². The summed E-state index contributed by atoms with van der Waals surface area (Å²) in [6.07, 6.45) is 2.56. The molecule has 1 amide bonds. The van der Waals surface area contributed by atoms with E-state index in [1.54, 1.807) is 40.0 Å². The first-order valence-corrected chi connectivity index (χ1v) is 9.10. The molecule has 1 aliphatic heterocycles. The van der Waals surface area contributed by atoms with Crippen LogP contribution in [0.2, 0.25) is 0 Å². The van der Waals surface area contributed by atoms with Crippen molar-refractivity contribution in [1.82, 2.24) is 30.0 Å². The van der Waals surface area contributed by atoms with E-state index in [-0.39, 0.29) is 17.9 Å². The Kier molecular flexibility index (Phi) is 4.61.